The standard InChI is InChI=1S/C10H21NO2/c1-9(11-4-5-12)8-10-2-6-13-7-3-10/h9-12H,2-8H2,1H3. The lowest BCUT2D eigenvalue weighted by atomic mass is 9.93. The molecular formula is C10H21NO2. The Morgan fingerprint density at radius 3 is 2.77 bits per heavy atom. The van der Waals surface area contributed by atoms with Crippen molar-refractivity contribution in [1.82, 2.24) is 5.32 Å². The van der Waals surface area contributed by atoms with Crippen molar-refractivity contribution in [3.8, 4) is 0 Å². The molecule has 78 valence electrons. The summed E-state index contributed by atoms with van der Waals surface area (Å²) < 4.78 is 5.30. The maximum Gasteiger partial charge on any atom is 0.0556 e. The largest absolute Gasteiger partial charge is 0.395 e. The van der Waals surface area contributed by atoms with E-state index < -0.39 is 0 Å². The summed E-state index contributed by atoms with van der Waals surface area (Å²) in [6.45, 7) is 4.99. The topological polar surface area (TPSA) is 41.5 Å². The minimum atomic E-state index is 0.234. The second-order valence-corrected chi connectivity index (χ2v) is 3.87. The molecule has 0 spiro atoms. The zero-order chi connectivity index (χ0) is 9.52. The highest BCUT2D eigenvalue weighted by atomic mass is 16.5. The third-order valence-corrected chi connectivity index (χ3v) is 2.63. The van der Waals surface area contributed by atoms with Crippen LogP contribution in [0.15, 0.2) is 0 Å². The summed E-state index contributed by atoms with van der Waals surface area (Å²) in [6, 6.07) is 0.523. The zero-order valence-corrected chi connectivity index (χ0v) is 8.46. The lowest BCUT2D eigenvalue weighted by Crippen LogP contribution is -2.32. The quantitative estimate of drug-likeness (QED) is 0.668. The molecule has 1 aliphatic rings. The molecule has 0 aromatic rings. The van der Waals surface area contributed by atoms with Gasteiger partial charge in [-0.2, -0.15) is 0 Å². The summed E-state index contributed by atoms with van der Waals surface area (Å²) >= 11 is 0. The van der Waals surface area contributed by atoms with Gasteiger partial charge in [-0.15, -0.1) is 0 Å². The Labute approximate surface area is 80.5 Å². The predicted molar refractivity (Wildman–Crippen MR) is 52.7 cm³/mol. The molecule has 1 unspecified atom stereocenters. The molecule has 0 bridgehead atoms. The molecule has 0 radical (unpaired) electrons. The first kappa shape index (κ1) is 11.0. The van der Waals surface area contributed by atoms with Crippen LogP contribution in [-0.2, 0) is 4.74 Å². The molecule has 1 rings (SSSR count). The second kappa shape index (κ2) is 6.35. The van der Waals surface area contributed by atoms with Crippen LogP contribution in [0.1, 0.15) is 26.2 Å². The molecule has 0 amide bonds. The SMILES string of the molecule is CC(CC1CCOCC1)NCCO. The average Bonchev–Trinajstić information content (AvgIpc) is 2.16. The summed E-state index contributed by atoms with van der Waals surface area (Å²) in [5.41, 5.74) is 0. The molecule has 1 atom stereocenters. The van der Waals surface area contributed by atoms with Crippen molar-refractivity contribution >= 4 is 0 Å². The van der Waals surface area contributed by atoms with Crippen molar-refractivity contribution in [1.29, 1.82) is 0 Å². The van der Waals surface area contributed by atoms with Crippen molar-refractivity contribution in [3.05, 3.63) is 0 Å². The van der Waals surface area contributed by atoms with E-state index >= 15 is 0 Å². The van der Waals surface area contributed by atoms with Crippen molar-refractivity contribution in [3.63, 3.8) is 0 Å². The summed E-state index contributed by atoms with van der Waals surface area (Å²) in [5, 5.41) is 11.9. The minimum Gasteiger partial charge on any atom is -0.395 e. The first-order chi connectivity index (χ1) is 6.33. The van der Waals surface area contributed by atoms with Crippen LogP contribution in [0.2, 0.25) is 0 Å². The van der Waals surface area contributed by atoms with Crippen molar-refractivity contribution in [2.45, 2.75) is 32.2 Å². The fourth-order valence-electron chi connectivity index (χ4n) is 1.88. The van der Waals surface area contributed by atoms with Gasteiger partial charge in [-0.05, 0) is 32.1 Å². The number of aliphatic hydroxyl groups excluding tert-OH is 1. The molecule has 0 aromatic heterocycles. The number of rotatable bonds is 5. The summed E-state index contributed by atoms with van der Waals surface area (Å²) in [7, 11) is 0. The van der Waals surface area contributed by atoms with Crippen molar-refractivity contribution in [2.75, 3.05) is 26.4 Å². The van der Waals surface area contributed by atoms with Crippen LogP contribution in [0.25, 0.3) is 0 Å². The van der Waals surface area contributed by atoms with E-state index in [2.05, 4.69) is 12.2 Å². The maximum atomic E-state index is 8.64. The fraction of sp³-hybridized carbons (Fsp3) is 1.00. The van der Waals surface area contributed by atoms with Crippen LogP contribution in [0.5, 0.6) is 0 Å². The van der Waals surface area contributed by atoms with E-state index in [-0.39, 0.29) is 6.61 Å². The van der Waals surface area contributed by atoms with Gasteiger partial charge in [0, 0.05) is 25.8 Å². The maximum absolute atomic E-state index is 8.64. The van der Waals surface area contributed by atoms with Crippen molar-refractivity contribution in [2.24, 2.45) is 5.92 Å². The Bertz CT molecular complexity index is 124. The normalized spacial score (nSPS) is 21.7. The molecule has 0 saturated carbocycles. The molecule has 2 N–H and O–H groups in total. The van der Waals surface area contributed by atoms with Gasteiger partial charge in [0.05, 0.1) is 6.61 Å². The van der Waals surface area contributed by atoms with E-state index in [1.54, 1.807) is 0 Å². The van der Waals surface area contributed by atoms with Gasteiger partial charge in [0.1, 0.15) is 0 Å². The molecule has 0 aliphatic carbocycles. The monoisotopic (exact) mass is 187 g/mol. The third-order valence-electron chi connectivity index (χ3n) is 2.63. The number of ether oxygens (including phenoxy) is 1. The van der Waals surface area contributed by atoms with Gasteiger partial charge in [0.15, 0.2) is 0 Å². The fourth-order valence-corrected chi connectivity index (χ4v) is 1.88. The Morgan fingerprint density at radius 2 is 2.15 bits per heavy atom. The van der Waals surface area contributed by atoms with Gasteiger partial charge < -0.3 is 15.2 Å². The zero-order valence-electron chi connectivity index (χ0n) is 8.46. The summed E-state index contributed by atoms with van der Waals surface area (Å²) in [5.74, 6) is 0.815. The lowest BCUT2D eigenvalue weighted by Gasteiger charge is -2.25. The van der Waals surface area contributed by atoms with E-state index in [1.165, 1.54) is 19.3 Å². The van der Waals surface area contributed by atoms with Gasteiger partial charge in [-0.1, -0.05) is 0 Å². The molecule has 1 aliphatic heterocycles. The number of hydrogen-bond donors (Lipinski definition) is 2. The van der Waals surface area contributed by atoms with E-state index in [1.807, 2.05) is 0 Å². The highest BCUT2D eigenvalue weighted by Gasteiger charge is 2.16. The minimum absolute atomic E-state index is 0.234. The van der Waals surface area contributed by atoms with E-state index in [4.69, 9.17) is 9.84 Å². The van der Waals surface area contributed by atoms with E-state index in [0.29, 0.717) is 12.6 Å². The third kappa shape index (κ3) is 4.60. The smallest absolute Gasteiger partial charge is 0.0556 e. The second-order valence-electron chi connectivity index (χ2n) is 3.87. The molecule has 1 fully saturated rings. The number of aliphatic hydroxyl groups is 1. The Kier molecular flexibility index (Phi) is 5.35. The van der Waals surface area contributed by atoms with Gasteiger partial charge in [0.2, 0.25) is 0 Å². The van der Waals surface area contributed by atoms with Gasteiger partial charge in [-0.25, -0.2) is 0 Å². The van der Waals surface area contributed by atoms with Gasteiger partial charge in [-0.3, -0.25) is 0 Å². The van der Waals surface area contributed by atoms with E-state index in [9.17, 15) is 0 Å². The molecule has 1 saturated heterocycles. The Hall–Kier alpha value is -0.120. The molecule has 13 heavy (non-hydrogen) atoms. The molecule has 3 nitrogen and oxygen atoms in total. The Morgan fingerprint density at radius 1 is 1.46 bits per heavy atom. The highest BCUT2D eigenvalue weighted by Crippen LogP contribution is 2.19. The lowest BCUT2D eigenvalue weighted by molar-refractivity contribution is 0.0610. The van der Waals surface area contributed by atoms with E-state index in [0.717, 1.165) is 19.1 Å². The number of hydrogen-bond acceptors (Lipinski definition) is 3. The van der Waals surface area contributed by atoms with Crippen molar-refractivity contribution < 1.29 is 9.84 Å². The molecule has 3 heteroatoms. The van der Waals surface area contributed by atoms with Crippen LogP contribution in [0, 0.1) is 5.92 Å². The van der Waals surface area contributed by atoms with Crippen LogP contribution >= 0.6 is 0 Å². The number of nitrogens with one attached hydrogen (secondary N) is 1. The molecule has 0 aromatic carbocycles. The first-order valence-corrected chi connectivity index (χ1v) is 5.25. The summed E-state index contributed by atoms with van der Waals surface area (Å²) in [4.78, 5) is 0. The average molecular weight is 187 g/mol. The van der Waals surface area contributed by atoms with Crippen LogP contribution < -0.4 is 5.32 Å². The highest BCUT2D eigenvalue weighted by molar-refractivity contribution is 4.70. The predicted octanol–water partition coefficient (Wildman–Crippen LogP) is 0.774. The molecule has 1 heterocycles. The van der Waals surface area contributed by atoms with Crippen LogP contribution in [0.3, 0.4) is 0 Å². The van der Waals surface area contributed by atoms with Crippen LogP contribution in [0.4, 0.5) is 0 Å². The summed E-state index contributed by atoms with van der Waals surface area (Å²) in [6.07, 6.45) is 3.61. The van der Waals surface area contributed by atoms with Gasteiger partial charge >= 0.3 is 0 Å². The Balaban J connectivity index is 2.07. The molecular weight excluding hydrogens is 166 g/mol. The first-order valence-electron chi connectivity index (χ1n) is 5.25. The van der Waals surface area contributed by atoms with Gasteiger partial charge in [0.25, 0.3) is 0 Å². The van der Waals surface area contributed by atoms with Crippen LogP contribution in [-0.4, -0.2) is 37.5 Å².